The average molecular weight is 374 g/mol. The highest BCUT2D eigenvalue weighted by molar-refractivity contribution is 4.75. The van der Waals surface area contributed by atoms with Crippen LogP contribution in [0.3, 0.4) is 0 Å². The molecule has 0 amide bonds. The van der Waals surface area contributed by atoms with Gasteiger partial charge in [0.2, 0.25) is 0 Å². The fourth-order valence-electron chi connectivity index (χ4n) is 2.92. The van der Waals surface area contributed by atoms with E-state index in [1.807, 2.05) is 0 Å². The summed E-state index contributed by atoms with van der Waals surface area (Å²) in [5.74, 6) is -4.54. The van der Waals surface area contributed by atoms with Gasteiger partial charge in [0.15, 0.2) is 0 Å². The van der Waals surface area contributed by atoms with Gasteiger partial charge in [-0.25, -0.2) is 0 Å². The van der Waals surface area contributed by atoms with Crippen molar-refractivity contribution in [2.75, 3.05) is 19.8 Å². The molecule has 0 aromatic heterocycles. The van der Waals surface area contributed by atoms with Crippen molar-refractivity contribution >= 4 is 0 Å². The standard InChI is InChI=1S/C18H31F5O2/c19-17(20,18(21,22)23)12-8-6-4-2-1-3-5-7-9-13-24-15-16-11-10-14-25-16/h16H,1-15H2. The summed E-state index contributed by atoms with van der Waals surface area (Å²) < 4.78 is 72.3. The Hall–Kier alpha value is -0.430. The predicted molar refractivity (Wildman–Crippen MR) is 87.0 cm³/mol. The summed E-state index contributed by atoms with van der Waals surface area (Å²) in [6, 6.07) is 0. The van der Waals surface area contributed by atoms with Gasteiger partial charge in [-0.05, 0) is 25.7 Å². The highest BCUT2D eigenvalue weighted by Crippen LogP contribution is 2.39. The van der Waals surface area contributed by atoms with Gasteiger partial charge in [-0.2, -0.15) is 22.0 Å². The molecule has 0 aromatic rings. The van der Waals surface area contributed by atoms with Gasteiger partial charge in [0, 0.05) is 19.6 Å². The number of halogens is 5. The van der Waals surface area contributed by atoms with Crippen molar-refractivity contribution in [1.29, 1.82) is 0 Å². The molecule has 7 heteroatoms. The first-order valence-electron chi connectivity index (χ1n) is 9.47. The quantitative estimate of drug-likeness (QED) is 0.263. The van der Waals surface area contributed by atoms with Crippen molar-refractivity contribution in [2.24, 2.45) is 0 Å². The second-order valence-corrected chi connectivity index (χ2v) is 6.84. The lowest BCUT2D eigenvalue weighted by Gasteiger charge is -2.19. The van der Waals surface area contributed by atoms with Gasteiger partial charge in [-0.15, -0.1) is 0 Å². The Morgan fingerprint density at radius 3 is 1.88 bits per heavy atom. The van der Waals surface area contributed by atoms with E-state index in [4.69, 9.17) is 9.47 Å². The van der Waals surface area contributed by atoms with Crippen LogP contribution in [-0.2, 0) is 9.47 Å². The third kappa shape index (κ3) is 10.3. The summed E-state index contributed by atoms with van der Waals surface area (Å²) in [5.41, 5.74) is 0. The summed E-state index contributed by atoms with van der Waals surface area (Å²) >= 11 is 0. The number of ether oxygens (including phenoxy) is 2. The molecular weight excluding hydrogens is 343 g/mol. The molecule has 1 heterocycles. The molecule has 0 aliphatic carbocycles. The zero-order valence-electron chi connectivity index (χ0n) is 14.9. The lowest BCUT2D eigenvalue weighted by Crippen LogP contribution is -2.36. The zero-order chi connectivity index (χ0) is 18.6. The van der Waals surface area contributed by atoms with Gasteiger partial charge < -0.3 is 9.47 Å². The second-order valence-electron chi connectivity index (χ2n) is 6.84. The molecule has 0 aromatic carbocycles. The molecule has 1 aliphatic rings. The van der Waals surface area contributed by atoms with Gasteiger partial charge in [-0.1, -0.05) is 44.9 Å². The monoisotopic (exact) mass is 374 g/mol. The molecule has 150 valence electrons. The Morgan fingerprint density at radius 2 is 1.36 bits per heavy atom. The maximum Gasteiger partial charge on any atom is 0.453 e. The fraction of sp³-hybridized carbons (Fsp3) is 1.00. The Balaban J connectivity index is 1.78. The van der Waals surface area contributed by atoms with Crippen LogP contribution in [0.15, 0.2) is 0 Å². The molecule has 1 unspecified atom stereocenters. The molecule has 0 radical (unpaired) electrons. The van der Waals surface area contributed by atoms with E-state index in [0.717, 1.165) is 71.0 Å². The molecule has 1 aliphatic heterocycles. The maximum absolute atomic E-state index is 12.7. The van der Waals surface area contributed by atoms with Crippen molar-refractivity contribution in [3.63, 3.8) is 0 Å². The average Bonchev–Trinajstić information content (AvgIpc) is 3.04. The largest absolute Gasteiger partial charge is 0.453 e. The molecule has 0 bridgehead atoms. The summed E-state index contributed by atoms with van der Waals surface area (Å²) in [4.78, 5) is 0. The van der Waals surface area contributed by atoms with Crippen molar-refractivity contribution in [3.05, 3.63) is 0 Å². The third-order valence-electron chi connectivity index (χ3n) is 4.52. The predicted octanol–water partition coefficient (Wildman–Crippen LogP) is 6.28. The van der Waals surface area contributed by atoms with E-state index in [0.29, 0.717) is 13.0 Å². The van der Waals surface area contributed by atoms with Gasteiger partial charge in [0.25, 0.3) is 0 Å². The maximum atomic E-state index is 12.7. The van der Waals surface area contributed by atoms with E-state index < -0.39 is 18.5 Å². The Bertz CT molecular complexity index is 328. The van der Waals surface area contributed by atoms with Crippen LogP contribution in [0.1, 0.15) is 77.0 Å². The number of hydrogen-bond acceptors (Lipinski definition) is 2. The Kier molecular flexibility index (Phi) is 10.9. The summed E-state index contributed by atoms with van der Waals surface area (Å²) in [6.45, 7) is 2.29. The van der Waals surface area contributed by atoms with E-state index >= 15 is 0 Å². The molecule has 0 spiro atoms. The third-order valence-corrected chi connectivity index (χ3v) is 4.52. The van der Waals surface area contributed by atoms with Crippen molar-refractivity contribution in [1.82, 2.24) is 0 Å². The van der Waals surface area contributed by atoms with E-state index in [-0.39, 0.29) is 12.5 Å². The Labute approximate surface area is 147 Å². The first-order chi connectivity index (χ1) is 11.8. The number of rotatable bonds is 14. The van der Waals surface area contributed by atoms with Crippen LogP contribution in [0, 0.1) is 0 Å². The minimum absolute atomic E-state index is 0.0748. The first-order valence-corrected chi connectivity index (χ1v) is 9.47. The molecule has 2 nitrogen and oxygen atoms in total. The summed E-state index contributed by atoms with van der Waals surface area (Å²) in [7, 11) is 0. The van der Waals surface area contributed by atoms with Gasteiger partial charge in [0.05, 0.1) is 12.7 Å². The lowest BCUT2D eigenvalue weighted by atomic mass is 10.0. The van der Waals surface area contributed by atoms with Gasteiger partial charge >= 0.3 is 12.1 Å². The van der Waals surface area contributed by atoms with Crippen molar-refractivity contribution in [3.8, 4) is 0 Å². The topological polar surface area (TPSA) is 18.5 Å². The minimum atomic E-state index is -5.42. The molecule has 25 heavy (non-hydrogen) atoms. The van der Waals surface area contributed by atoms with Crippen LogP contribution in [0.25, 0.3) is 0 Å². The van der Waals surface area contributed by atoms with Crippen molar-refractivity contribution < 1.29 is 31.4 Å². The molecule has 0 N–H and O–H groups in total. The highest BCUT2D eigenvalue weighted by atomic mass is 19.4. The molecular formula is C18H31F5O2. The van der Waals surface area contributed by atoms with Crippen LogP contribution < -0.4 is 0 Å². The van der Waals surface area contributed by atoms with Gasteiger partial charge in [0.1, 0.15) is 0 Å². The van der Waals surface area contributed by atoms with Crippen LogP contribution in [0.4, 0.5) is 22.0 Å². The van der Waals surface area contributed by atoms with Crippen LogP contribution >= 0.6 is 0 Å². The SMILES string of the molecule is FC(F)(F)C(F)(F)CCCCCCCCCCCOCC1CCCO1. The van der Waals surface area contributed by atoms with Crippen molar-refractivity contribution in [2.45, 2.75) is 95.3 Å². The first kappa shape index (κ1) is 22.6. The lowest BCUT2D eigenvalue weighted by molar-refractivity contribution is -0.284. The van der Waals surface area contributed by atoms with Crippen LogP contribution in [0.2, 0.25) is 0 Å². The fourth-order valence-corrected chi connectivity index (χ4v) is 2.92. The minimum Gasteiger partial charge on any atom is -0.379 e. The molecule has 1 atom stereocenters. The van der Waals surface area contributed by atoms with Gasteiger partial charge in [-0.3, -0.25) is 0 Å². The number of unbranched alkanes of at least 4 members (excludes halogenated alkanes) is 8. The highest BCUT2D eigenvalue weighted by Gasteiger charge is 2.56. The smallest absolute Gasteiger partial charge is 0.379 e. The second kappa shape index (κ2) is 12.0. The molecule has 1 fully saturated rings. The van der Waals surface area contributed by atoms with E-state index in [1.165, 1.54) is 0 Å². The van der Waals surface area contributed by atoms with Crippen LogP contribution in [-0.4, -0.2) is 38.0 Å². The summed E-state index contributed by atoms with van der Waals surface area (Å²) in [5, 5.41) is 0. The molecule has 1 saturated heterocycles. The number of alkyl halides is 5. The van der Waals surface area contributed by atoms with Crippen LogP contribution in [0.5, 0.6) is 0 Å². The molecule has 0 saturated carbocycles. The molecule has 1 rings (SSSR count). The Morgan fingerprint density at radius 1 is 0.800 bits per heavy atom. The normalized spacial score (nSPS) is 18.8. The zero-order valence-corrected chi connectivity index (χ0v) is 14.9. The van der Waals surface area contributed by atoms with E-state index in [2.05, 4.69) is 0 Å². The number of hydrogen-bond donors (Lipinski definition) is 0. The van der Waals surface area contributed by atoms with E-state index in [1.54, 1.807) is 0 Å². The van der Waals surface area contributed by atoms with E-state index in [9.17, 15) is 22.0 Å². The summed E-state index contributed by atoms with van der Waals surface area (Å²) in [6.07, 6.45) is 3.27.